The summed E-state index contributed by atoms with van der Waals surface area (Å²) in [5.74, 6) is 0. The van der Waals surface area contributed by atoms with Gasteiger partial charge in [-0.2, -0.15) is 5.10 Å². The smallest absolute Gasteiger partial charge is 0.0710 e. The van der Waals surface area contributed by atoms with Crippen LogP contribution in [0.1, 0.15) is 26.3 Å². The summed E-state index contributed by atoms with van der Waals surface area (Å²) in [5.41, 5.74) is 3.30. The van der Waals surface area contributed by atoms with Gasteiger partial charge in [0.15, 0.2) is 0 Å². The molecule has 21 heavy (non-hydrogen) atoms. The van der Waals surface area contributed by atoms with Crippen molar-refractivity contribution in [2.24, 2.45) is 0 Å². The fourth-order valence-electron chi connectivity index (χ4n) is 2.60. The minimum absolute atomic E-state index is 0.536. The molecule has 0 spiro atoms. The molecular weight excluding hydrogens is 262 g/mol. The molecule has 5 heteroatoms. The number of hydrogen-bond donors (Lipinski definition) is 2. The first-order chi connectivity index (χ1) is 10.3. The molecule has 0 fully saturated rings. The average molecular weight is 287 g/mol. The number of aromatic nitrogens is 3. The van der Waals surface area contributed by atoms with Crippen LogP contribution in [0.15, 0.2) is 30.7 Å². The third kappa shape index (κ3) is 4.12. The van der Waals surface area contributed by atoms with E-state index in [9.17, 15) is 0 Å². The lowest BCUT2D eigenvalue weighted by Gasteiger charge is -2.26. The minimum atomic E-state index is 0.536. The molecule has 0 unspecified atom stereocenters. The highest BCUT2D eigenvalue weighted by atomic mass is 15.2. The Labute approximate surface area is 126 Å². The molecular formula is C16H25N5. The molecule has 0 aliphatic heterocycles. The maximum Gasteiger partial charge on any atom is 0.0710 e. The molecule has 0 saturated carbocycles. The topological polar surface area (TPSA) is 56.8 Å². The second-order valence-electron chi connectivity index (χ2n) is 5.21. The van der Waals surface area contributed by atoms with E-state index in [1.54, 1.807) is 6.20 Å². The number of pyridine rings is 1. The van der Waals surface area contributed by atoms with Crippen LogP contribution in [0, 0.1) is 0 Å². The molecule has 2 heterocycles. The van der Waals surface area contributed by atoms with Crippen LogP contribution < -0.4 is 5.32 Å². The van der Waals surface area contributed by atoms with Gasteiger partial charge in [-0.3, -0.25) is 15.0 Å². The van der Waals surface area contributed by atoms with Crippen molar-refractivity contribution in [2.45, 2.75) is 33.4 Å². The van der Waals surface area contributed by atoms with Crippen molar-refractivity contribution in [1.82, 2.24) is 25.4 Å². The van der Waals surface area contributed by atoms with Crippen LogP contribution in [-0.2, 0) is 6.54 Å². The van der Waals surface area contributed by atoms with Crippen molar-refractivity contribution in [3.63, 3.8) is 0 Å². The van der Waals surface area contributed by atoms with E-state index in [1.807, 2.05) is 24.5 Å². The summed E-state index contributed by atoms with van der Waals surface area (Å²) in [4.78, 5) is 6.61. The van der Waals surface area contributed by atoms with Gasteiger partial charge in [0.05, 0.1) is 11.9 Å². The summed E-state index contributed by atoms with van der Waals surface area (Å²) in [6.07, 6.45) is 5.52. The lowest BCUT2D eigenvalue weighted by molar-refractivity contribution is 0.225. The van der Waals surface area contributed by atoms with Gasteiger partial charge in [0, 0.05) is 42.7 Å². The SMILES string of the molecule is CCN(CC)[C@H](C)CNCc1cn[nH]c1-c1cccnc1. The summed E-state index contributed by atoms with van der Waals surface area (Å²) in [6, 6.07) is 4.52. The Hall–Kier alpha value is -1.72. The van der Waals surface area contributed by atoms with E-state index in [-0.39, 0.29) is 0 Å². The van der Waals surface area contributed by atoms with Crippen LogP contribution in [-0.4, -0.2) is 45.8 Å². The van der Waals surface area contributed by atoms with E-state index in [2.05, 4.69) is 46.2 Å². The van der Waals surface area contributed by atoms with Gasteiger partial charge < -0.3 is 5.32 Å². The maximum absolute atomic E-state index is 4.16. The third-order valence-corrected chi connectivity index (χ3v) is 3.86. The van der Waals surface area contributed by atoms with Gasteiger partial charge in [-0.15, -0.1) is 0 Å². The second-order valence-corrected chi connectivity index (χ2v) is 5.21. The van der Waals surface area contributed by atoms with Crippen molar-refractivity contribution < 1.29 is 0 Å². The molecule has 2 aromatic heterocycles. The molecule has 2 aromatic rings. The Bertz CT molecular complexity index is 518. The van der Waals surface area contributed by atoms with E-state index in [4.69, 9.17) is 0 Å². The van der Waals surface area contributed by atoms with Gasteiger partial charge in [-0.1, -0.05) is 13.8 Å². The Morgan fingerprint density at radius 3 is 2.76 bits per heavy atom. The van der Waals surface area contributed by atoms with Gasteiger partial charge >= 0.3 is 0 Å². The minimum Gasteiger partial charge on any atom is -0.311 e. The van der Waals surface area contributed by atoms with Crippen LogP contribution in [0.3, 0.4) is 0 Å². The number of aromatic amines is 1. The molecule has 0 radical (unpaired) electrons. The number of nitrogens with one attached hydrogen (secondary N) is 2. The first-order valence-electron chi connectivity index (χ1n) is 7.63. The van der Waals surface area contributed by atoms with Gasteiger partial charge in [0.25, 0.3) is 0 Å². The Morgan fingerprint density at radius 2 is 2.10 bits per heavy atom. The first-order valence-corrected chi connectivity index (χ1v) is 7.63. The summed E-state index contributed by atoms with van der Waals surface area (Å²) >= 11 is 0. The van der Waals surface area contributed by atoms with Crippen molar-refractivity contribution in [3.05, 3.63) is 36.3 Å². The molecule has 2 N–H and O–H groups in total. The molecule has 0 aliphatic carbocycles. The summed E-state index contributed by atoms with van der Waals surface area (Å²) in [7, 11) is 0. The number of H-pyrrole nitrogens is 1. The summed E-state index contributed by atoms with van der Waals surface area (Å²) in [5, 5.41) is 10.8. The predicted molar refractivity (Wildman–Crippen MR) is 85.9 cm³/mol. The zero-order valence-electron chi connectivity index (χ0n) is 13.1. The molecule has 0 amide bonds. The average Bonchev–Trinajstić information content (AvgIpc) is 2.98. The van der Waals surface area contributed by atoms with E-state index < -0.39 is 0 Å². The third-order valence-electron chi connectivity index (χ3n) is 3.86. The standard InChI is InChI=1S/C16H25N5/c1-4-21(5-2)13(3)9-18-11-15-12-19-20-16(15)14-7-6-8-17-10-14/h6-8,10,12-13,18H,4-5,9,11H2,1-3H3,(H,19,20)/t13-/m1/s1. The number of rotatable bonds is 8. The highest BCUT2D eigenvalue weighted by molar-refractivity contribution is 5.61. The van der Waals surface area contributed by atoms with E-state index in [0.717, 1.165) is 37.4 Å². The number of likely N-dealkylation sites (N-methyl/N-ethyl adjacent to an activating group) is 1. The fourth-order valence-corrected chi connectivity index (χ4v) is 2.60. The van der Waals surface area contributed by atoms with Crippen molar-refractivity contribution >= 4 is 0 Å². The number of nitrogens with zero attached hydrogens (tertiary/aromatic N) is 3. The molecule has 5 nitrogen and oxygen atoms in total. The monoisotopic (exact) mass is 287 g/mol. The molecule has 1 atom stereocenters. The molecule has 0 aromatic carbocycles. The van der Waals surface area contributed by atoms with Crippen LogP contribution >= 0.6 is 0 Å². The van der Waals surface area contributed by atoms with Crippen molar-refractivity contribution in [2.75, 3.05) is 19.6 Å². The Morgan fingerprint density at radius 1 is 1.29 bits per heavy atom. The van der Waals surface area contributed by atoms with Crippen molar-refractivity contribution in [3.8, 4) is 11.3 Å². The van der Waals surface area contributed by atoms with Crippen molar-refractivity contribution in [1.29, 1.82) is 0 Å². The first kappa shape index (κ1) is 15.7. The van der Waals surface area contributed by atoms with Gasteiger partial charge in [-0.05, 0) is 32.1 Å². The summed E-state index contributed by atoms with van der Waals surface area (Å²) < 4.78 is 0. The molecule has 2 rings (SSSR count). The highest BCUT2D eigenvalue weighted by Gasteiger charge is 2.11. The highest BCUT2D eigenvalue weighted by Crippen LogP contribution is 2.19. The molecule has 0 aliphatic rings. The lowest BCUT2D eigenvalue weighted by atomic mass is 10.1. The van der Waals surface area contributed by atoms with Gasteiger partial charge in [0.1, 0.15) is 0 Å². The van der Waals surface area contributed by atoms with E-state index in [1.165, 1.54) is 5.56 Å². The maximum atomic E-state index is 4.16. The normalized spacial score (nSPS) is 12.8. The van der Waals surface area contributed by atoms with Crippen LogP contribution in [0.5, 0.6) is 0 Å². The molecule has 0 bridgehead atoms. The van der Waals surface area contributed by atoms with Crippen LogP contribution in [0.25, 0.3) is 11.3 Å². The number of hydrogen-bond acceptors (Lipinski definition) is 4. The van der Waals surface area contributed by atoms with Gasteiger partial charge in [-0.25, -0.2) is 0 Å². The molecule has 0 saturated heterocycles. The summed E-state index contributed by atoms with van der Waals surface area (Å²) in [6.45, 7) is 10.6. The Kier molecular flexibility index (Phi) is 5.90. The molecule has 114 valence electrons. The van der Waals surface area contributed by atoms with Crippen LogP contribution in [0.4, 0.5) is 0 Å². The van der Waals surface area contributed by atoms with Crippen LogP contribution in [0.2, 0.25) is 0 Å². The van der Waals surface area contributed by atoms with E-state index >= 15 is 0 Å². The lowest BCUT2D eigenvalue weighted by Crippen LogP contribution is -2.39. The quantitative estimate of drug-likeness (QED) is 0.782. The Balaban J connectivity index is 1.92. The zero-order chi connectivity index (χ0) is 15.1. The van der Waals surface area contributed by atoms with Gasteiger partial charge in [0.2, 0.25) is 0 Å². The second kappa shape index (κ2) is 7.90. The zero-order valence-corrected chi connectivity index (χ0v) is 13.1. The predicted octanol–water partition coefficient (Wildman–Crippen LogP) is 2.29. The fraction of sp³-hybridized carbons (Fsp3) is 0.500. The van der Waals surface area contributed by atoms with E-state index in [0.29, 0.717) is 6.04 Å². The largest absolute Gasteiger partial charge is 0.311 e.